The molecule has 0 rings (SSSR count). The van der Waals surface area contributed by atoms with Crippen LogP contribution in [-0.4, -0.2) is 49.3 Å². The molecule has 390 valence electrons. The first-order valence-electron chi connectivity index (χ1n) is 26.7. The Balaban J connectivity index is 4.07. The van der Waals surface area contributed by atoms with Crippen LogP contribution < -0.4 is 5.73 Å². The highest BCUT2D eigenvalue weighted by atomic mass is 31.2. The van der Waals surface area contributed by atoms with Crippen LogP contribution in [0.4, 0.5) is 0 Å². The normalized spacial score (nSPS) is 14.2. The minimum Gasteiger partial charge on any atom is -0.462 e. The Morgan fingerprint density at radius 3 is 1.12 bits per heavy atom. The van der Waals surface area contributed by atoms with Crippen LogP contribution in [0.3, 0.4) is 0 Å². The number of carbonyl (C=O) groups excluding carboxylic acids is 2. The molecule has 3 N–H and O–H groups in total. The summed E-state index contributed by atoms with van der Waals surface area (Å²) in [6.45, 7) is 3.46. The molecule has 0 heterocycles. The lowest BCUT2D eigenvalue weighted by atomic mass is 10.1. The van der Waals surface area contributed by atoms with Crippen LogP contribution in [0.1, 0.15) is 194 Å². The van der Waals surface area contributed by atoms with Gasteiger partial charge in [0.15, 0.2) is 6.10 Å². The first kappa shape index (κ1) is 65.1. The molecule has 10 heteroatoms. The van der Waals surface area contributed by atoms with Crippen LogP contribution in [-0.2, 0) is 32.7 Å². The Hall–Kier alpha value is -3.85. The Morgan fingerprint density at radius 1 is 0.435 bits per heavy atom. The van der Waals surface area contributed by atoms with Crippen molar-refractivity contribution in [2.45, 2.75) is 200 Å². The van der Waals surface area contributed by atoms with E-state index in [0.29, 0.717) is 12.8 Å². The van der Waals surface area contributed by atoms with Crippen LogP contribution in [0.25, 0.3) is 0 Å². The smallest absolute Gasteiger partial charge is 0.462 e. The molecule has 0 amide bonds. The Kier molecular flexibility index (Phi) is 50.5. The maximum atomic E-state index is 12.7. The molecule has 0 saturated carbocycles. The van der Waals surface area contributed by atoms with Gasteiger partial charge in [0.05, 0.1) is 13.2 Å². The van der Waals surface area contributed by atoms with Gasteiger partial charge in [-0.1, -0.05) is 205 Å². The molecule has 0 aliphatic carbocycles. The number of allylic oxidation sites excluding steroid dienone is 22. The molecule has 9 nitrogen and oxygen atoms in total. The fourth-order valence-electron chi connectivity index (χ4n) is 6.66. The summed E-state index contributed by atoms with van der Waals surface area (Å²) in [4.78, 5) is 35.1. The van der Waals surface area contributed by atoms with Crippen molar-refractivity contribution in [1.29, 1.82) is 0 Å². The molecule has 0 saturated heterocycles. The van der Waals surface area contributed by atoms with Crippen LogP contribution in [0, 0.1) is 0 Å². The highest BCUT2D eigenvalue weighted by molar-refractivity contribution is 7.47. The van der Waals surface area contributed by atoms with Gasteiger partial charge < -0.3 is 20.1 Å². The van der Waals surface area contributed by atoms with E-state index >= 15 is 0 Å². The van der Waals surface area contributed by atoms with Gasteiger partial charge in [-0.3, -0.25) is 18.6 Å². The third-order valence-electron chi connectivity index (χ3n) is 10.5. The third-order valence-corrected chi connectivity index (χ3v) is 11.5. The van der Waals surface area contributed by atoms with Crippen molar-refractivity contribution in [1.82, 2.24) is 0 Å². The van der Waals surface area contributed by atoms with Crippen molar-refractivity contribution in [3.8, 4) is 0 Å². The highest BCUT2D eigenvalue weighted by Gasteiger charge is 2.26. The summed E-state index contributed by atoms with van der Waals surface area (Å²) in [6, 6.07) is 0. The molecule has 0 radical (unpaired) electrons. The fraction of sp³-hybridized carbons (Fsp3) is 0.593. The van der Waals surface area contributed by atoms with E-state index in [1.807, 2.05) is 0 Å². The van der Waals surface area contributed by atoms with E-state index in [4.69, 9.17) is 24.3 Å². The zero-order valence-electron chi connectivity index (χ0n) is 43.2. The molecule has 2 unspecified atom stereocenters. The summed E-state index contributed by atoms with van der Waals surface area (Å²) in [7, 11) is -4.40. The second kappa shape index (κ2) is 53.5. The van der Waals surface area contributed by atoms with Gasteiger partial charge in [-0.25, -0.2) is 4.57 Å². The predicted octanol–water partition coefficient (Wildman–Crippen LogP) is 16.6. The zero-order valence-corrected chi connectivity index (χ0v) is 44.1. The topological polar surface area (TPSA) is 134 Å². The first-order chi connectivity index (χ1) is 33.8. The van der Waals surface area contributed by atoms with Crippen LogP contribution >= 0.6 is 7.82 Å². The third kappa shape index (κ3) is 53.4. The van der Waals surface area contributed by atoms with Crippen molar-refractivity contribution in [2.75, 3.05) is 26.4 Å². The van der Waals surface area contributed by atoms with Gasteiger partial charge in [0, 0.05) is 19.4 Å². The summed E-state index contributed by atoms with van der Waals surface area (Å²) in [5.41, 5.74) is 5.36. The predicted molar refractivity (Wildman–Crippen MR) is 293 cm³/mol. The average Bonchev–Trinajstić information content (AvgIpc) is 3.34. The molecule has 0 aliphatic rings. The largest absolute Gasteiger partial charge is 0.472 e. The summed E-state index contributed by atoms with van der Waals surface area (Å²) in [5, 5.41) is 0. The van der Waals surface area contributed by atoms with Crippen molar-refractivity contribution in [3.05, 3.63) is 134 Å². The maximum absolute atomic E-state index is 12.7. The van der Waals surface area contributed by atoms with Crippen LogP contribution in [0.2, 0.25) is 0 Å². The molecule has 69 heavy (non-hydrogen) atoms. The fourth-order valence-corrected chi connectivity index (χ4v) is 7.43. The lowest BCUT2D eigenvalue weighted by molar-refractivity contribution is -0.161. The van der Waals surface area contributed by atoms with E-state index in [2.05, 4.69) is 148 Å². The van der Waals surface area contributed by atoms with Crippen molar-refractivity contribution >= 4 is 19.8 Å². The summed E-state index contributed by atoms with van der Waals surface area (Å²) >= 11 is 0. The van der Waals surface area contributed by atoms with Gasteiger partial charge in [0.2, 0.25) is 0 Å². The number of hydrogen-bond donors (Lipinski definition) is 2. The number of phosphoric ester groups is 1. The number of carbonyl (C=O) groups is 2. The number of unbranched alkanes of at least 4 members (excludes halogenated alkanes) is 13. The number of ether oxygens (including phenoxy) is 2. The van der Waals surface area contributed by atoms with E-state index in [-0.39, 0.29) is 32.6 Å². The van der Waals surface area contributed by atoms with Crippen molar-refractivity contribution in [3.63, 3.8) is 0 Å². The number of esters is 2. The summed E-state index contributed by atoms with van der Waals surface area (Å²) in [6.07, 6.45) is 75.0. The van der Waals surface area contributed by atoms with Gasteiger partial charge >= 0.3 is 19.8 Å². The second-order valence-electron chi connectivity index (χ2n) is 17.0. The molecular formula is C59H96NO8P. The van der Waals surface area contributed by atoms with Gasteiger partial charge in [0.1, 0.15) is 6.61 Å². The minimum atomic E-state index is -4.40. The average molecular weight is 978 g/mol. The Bertz CT molecular complexity index is 1580. The summed E-state index contributed by atoms with van der Waals surface area (Å²) < 4.78 is 32.9. The highest BCUT2D eigenvalue weighted by Crippen LogP contribution is 2.43. The SMILES string of the molecule is CC/C=C\C/C=C\C/C=C\C/C=C\C/C=C\C/C=C\C/C=C\C/C=C\CCCCCCCCCCC(=O)OC(COC(=O)CCCCCCC/C=C\C/C=C\C/C=C\CC)COP(=O)(O)OCCN. The number of hydrogen-bond acceptors (Lipinski definition) is 8. The molecule has 2 atom stereocenters. The van der Waals surface area contributed by atoms with E-state index < -0.39 is 32.5 Å². The molecule has 0 fully saturated rings. The summed E-state index contributed by atoms with van der Waals surface area (Å²) in [5.74, 6) is -0.869. The standard InChI is InChI=1S/C59H96NO8P/c1-3-5-7-9-11-13-15-17-19-20-21-22-23-24-25-26-27-28-29-30-31-32-33-34-35-36-38-40-42-44-46-48-50-52-59(62)68-57(56-67-69(63,64)66-54-53-60)55-65-58(61)51-49-47-45-43-41-39-37-18-16-14-12-10-8-6-4-2/h5-8,11-14,17-19,21-22,24-25,27-28,30-31,33-34,37,57H,3-4,9-10,15-16,20,23,26,29,32,35-36,38-56,60H2,1-2H3,(H,63,64)/b7-5-,8-6-,13-11-,14-12-,19-17-,22-21-,25-24-,28-27-,31-30-,34-33-,37-18-. The van der Waals surface area contributed by atoms with Gasteiger partial charge in [-0.2, -0.15) is 0 Å². The van der Waals surface area contributed by atoms with E-state index in [9.17, 15) is 19.0 Å². The van der Waals surface area contributed by atoms with Crippen LogP contribution in [0.15, 0.2) is 134 Å². The quantitative estimate of drug-likeness (QED) is 0.0264. The second-order valence-corrected chi connectivity index (χ2v) is 18.4. The molecule has 0 aromatic rings. The van der Waals surface area contributed by atoms with Crippen molar-refractivity contribution < 1.29 is 37.6 Å². The maximum Gasteiger partial charge on any atom is 0.472 e. The number of rotatable bonds is 48. The lowest BCUT2D eigenvalue weighted by Crippen LogP contribution is -2.29. The Morgan fingerprint density at radius 2 is 0.754 bits per heavy atom. The van der Waals surface area contributed by atoms with Gasteiger partial charge in [-0.15, -0.1) is 0 Å². The van der Waals surface area contributed by atoms with Crippen molar-refractivity contribution in [2.24, 2.45) is 5.73 Å². The number of phosphoric acid groups is 1. The molecular weight excluding hydrogens is 882 g/mol. The monoisotopic (exact) mass is 978 g/mol. The Labute approximate surface area is 421 Å². The lowest BCUT2D eigenvalue weighted by Gasteiger charge is -2.19. The molecule has 0 spiro atoms. The van der Waals surface area contributed by atoms with Gasteiger partial charge in [-0.05, 0) is 109 Å². The molecule has 0 bridgehead atoms. The van der Waals surface area contributed by atoms with Gasteiger partial charge in [0.25, 0.3) is 0 Å². The molecule has 0 aromatic heterocycles. The molecule has 0 aromatic carbocycles. The minimum absolute atomic E-state index is 0.0420. The first-order valence-corrected chi connectivity index (χ1v) is 28.2. The zero-order chi connectivity index (χ0) is 50.2. The van der Waals surface area contributed by atoms with Crippen LogP contribution in [0.5, 0.6) is 0 Å². The molecule has 0 aliphatic heterocycles. The van der Waals surface area contributed by atoms with E-state index in [1.54, 1.807) is 0 Å². The van der Waals surface area contributed by atoms with E-state index in [0.717, 1.165) is 128 Å². The number of nitrogens with two attached hydrogens (primary N) is 1. The van der Waals surface area contributed by atoms with E-state index in [1.165, 1.54) is 25.7 Å².